The van der Waals surface area contributed by atoms with Gasteiger partial charge in [0.15, 0.2) is 0 Å². The zero-order valence-corrected chi connectivity index (χ0v) is 24.6. The monoisotopic (exact) mass is 551 g/mol. The van der Waals surface area contributed by atoms with E-state index in [1.54, 1.807) is 0 Å². The number of nitrogens with one attached hydrogen (secondary N) is 1. The molecule has 0 atom stereocenters. The first kappa shape index (κ1) is 26.5. The van der Waals surface area contributed by atoms with Crippen LogP contribution in [0.2, 0.25) is 0 Å². The Balaban J connectivity index is 0.000000709. The summed E-state index contributed by atoms with van der Waals surface area (Å²) in [6.07, 6.45) is 0. The molecule has 0 aromatic heterocycles. The van der Waals surface area contributed by atoms with Crippen molar-refractivity contribution in [3.8, 4) is 11.1 Å². The van der Waals surface area contributed by atoms with E-state index in [9.17, 15) is 0 Å². The number of para-hydroxylation sites is 1. The molecule has 8 aromatic carbocycles. The van der Waals surface area contributed by atoms with Crippen molar-refractivity contribution in [3.05, 3.63) is 158 Å². The molecule has 8 rings (SSSR count). The van der Waals surface area contributed by atoms with Gasteiger partial charge in [0.25, 0.3) is 0 Å². The highest BCUT2D eigenvalue weighted by atomic mass is 14.9. The Morgan fingerprint density at radius 3 is 1.47 bits per heavy atom. The van der Waals surface area contributed by atoms with E-state index in [4.69, 9.17) is 0 Å². The Morgan fingerprint density at radius 1 is 0.442 bits per heavy atom. The van der Waals surface area contributed by atoms with Gasteiger partial charge in [-0.25, -0.2) is 0 Å². The van der Waals surface area contributed by atoms with E-state index in [0.29, 0.717) is 0 Å². The molecule has 0 fully saturated rings. The second kappa shape index (κ2) is 11.1. The van der Waals surface area contributed by atoms with Crippen molar-refractivity contribution in [2.24, 2.45) is 0 Å². The quantitative estimate of drug-likeness (QED) is 0.131. The van der Waals surface area contributed by atoms with Gasteiger partial charge in [0, 0.05) is 16.5 Å². The highest BCUT2D eigenvalue weighted by molar-refractivity contribution is 6.26. The molecule has 206 valence electrons. The molecule has 0 aliphatic carbocycles. The molecule has 43 heavy (non-hydrogen) atoms. The minimum atomic E-state index is 1.09. The van der Waals surface area contributed by atoms with Crippen LogP contribution in [0.3, 0.4) is 0 Å². The lowest BCUT2D eigenvalue weighted by molar-refractivity contribution is 1.42. The van der Waals surface area contributed by atoms with Crippen LogP contribution in [0.1, 0.15) is 13.8 Å². The van der Waals surface area contributed by atoms with E-state index in [1.807, 2.05) is 13.8 Å². The lowest BCUT2D eigenvalue weighted by Crippen LogP contribution is -1.96. The molecule has 1 heteroatoms. The van der Waals surface area contributed by atoms with Gasteiger partial charge in [-0.3, -0.25) is 0 Å². The van der Waals surface area contributed by atoms with Crippen LogP contribution >= 0.6 is 0 Å². The smallest absolute Gasteiger partial charge is 0.0544 e. The number of benzene rings is 8. The number of anilines is 2. The van der Waals surface area contributed by atoms with Crippen LogP contribution in [0, 0.1) is 0 Å². The predicted molar refractivity (Wildman–Crippen MR) is 190 cm³/mol. The summed E-state index contributed by atoms with van der Waals surface area (Å²) < 4.78 is 0. The van der Waals surface area contributed by atoms with Gasteiger partial charge in [0.2, 0.25) is 0 Å². The van der Waals surface area contributed by atoms with E-state index in [0.717, 1.165) is 11.4 Å². The fraction of sp³-hybridized carbons (Fsp3) is 0.0476. The normalized spacial score (nSPS) is 11.1. The molecular weight excluding hydrogens is 518 g/mol. The lowest BCUT2D eigenvalue weighted by atomic mass is 9.86. The summed E-state index contributed by atoms with van der Waals surface area (Å²) >= 11 is 0. The van der Waals surface area contributed by atoms with Crippen LogP contribution < -0.4 is 5.32 Å². The van der Waals surface area contributed by atoms with Crippen LogP contribution in [0.5, 0.6) is 0 Å². The molecular formula is C42H33N. The summed E-state index contributed by atoms with van der Waals surface area (Å²) in [7, 11) is 0. The number of fused-ring (bicyclic) bond motifs is 6. The molecule has 0 spiro atoms. The Labute approximate surface area is 252 Å². The average molecular weight is 552 g/mol. The molecule has 0 aliphatic rings. The molecule has 0 saturated heterocycles. The molecule has 0 saturated carbocycles. The summed E-state index contributed by atoms with van der Waals surface area (Å²) in [6.45, 7) is 7.50. The summed E-state index contributed by atoms with van der Waals surface area (Å²) in [4.78, 5) is 0. The third kappa shape index (κ3) is 4.90. The molecule has 0 amide bonds. The first-order valence-corrected chi connectivity index (χ1v) is 14.8. The Hall–Kier alpha value is -5.40. The number of allylic oxidation sites excluding steroid dienone is 1. The van der Waals surface area contributed by atoms with Gasteiger partial charge in [0.05, 0.1) is 5.69 Å². The molecule has 0 unspecified atom stereocenters. The first-order chi connectivity index (χ1) is 21.1. The predicted octanol–water partition coefficient (Wildman–Crippen LogP) is 12.4. The molecule has 0 aliphatic heterocycles. The van der Waals surface area contributed by atoms with Gasteiger partial charge < -0.3 is 5.32 Å². The van der Waals surface area contributed by atoms with Crippen molar-refractivity contribution < 1.29 is 0 Å². The minimum Gasteiger partial charge on any atom is -0.355 e. The number of hydrogen-bond donors (Lipinski definition) is 1. The fourth-order valence-corrected chi connectivity index (χ4v) is 6.21. The van der Waals surface area contributed by atoms with Crippen LogP contribution in [-0.4, -0.2) is 0 Å². The molecule has 1 nitrogen and oxygen atoms in total. The largest absolute Gasteiger partial charge is 0.355 e. The standard InChI is InChI=1S/C38H25N.C4H8/c1-2-15-28(16-3-1)39-38-32-20-10-8-18-30(32)37(31-19-9-11-21-33(31)38)36-24-27-14-6-7-17-29(27)34-22-25-12-4-5-13-26(25)23-35(34)36;1-4(2)3/h1-24,39H;1H2,2-3H3. The number of hydrogen-bond acceptors (Lipinski definition) is 1. The maximum atomic E-state index is 3.76. The summed E-state index contributed by atoms with van der Waals surface area (Å²) in [6, 6.07) is 52.7. The molecule has 1 N–H and O–H groups in total. The van der Waals surface area contributed by atoms with E-state index < -0.39 is 0 Å². The summed E-state index contributed by atoms with van der Waals surface area (Å²) in [5, 5.41) is 16.4. The van der Waals surface area contributed by atoms with Crippen LogP contribution in [-0.2, 0) is 0 Å². The maximum absolute atomic E-state index is 3.76. The van der Waals surface area contributed by atoms with Crippen LogP contribution in [0.25, 0.3) is 65.0 Å². The van der Waals surface area contributed by atoms with Crippen molar-refractivity contribution in [2.75, 3.05) is 5.32 Å². The van der Waals surface area contributed by atoms with Gasteiger partial charge in [-0.2, -0.15) is 0 Å². The third-order valence-electron chi connectivity index (χ3n) is 7.97. The van der Waals surface area contributed by atoms with E-state index in [2.05, 4.69) is 157 Å². The van der Waals surface area contributed by atoms with Crippen LogP contribution in [0.15, 0.2) is 158 Å². The Bertz CT molecular complexity index is 2230. The van der Waals surface area contributed by atoms with Gasteiger partial charge in [-0.1, -0.05) is 121 Å². The molecule has 0 radical (unpaired) electrons. The van der Waals surface area contributed by atoms with Gasteiger partial charge in [0.1, 0.15) is 0 Å². The van der Waals surface area contributed by atoms with Gasteiger partial charge >= 0.3 is 0 Å². The van der Waals surface area contributed by atoms with E-state index >= 15 is 0 Å². The van der Waals surface area contributed by atoms with Gasteiger partial charge in [-0.05, 0) is 98.4 Å². The van der Waals surface area contributed by atoms with E-state index in [-0.39, 0.29) is 0 Å². The van der Waals surface area contributed by atoms with Crippen molar-refractivity contribution in [1.82, 2.24) is 0 Å². The first-order valence-electron chi connectivity index (χ1n) is 14.8. The van der Waals surface area contributed by atoms with Gasteiger partial charge in [-0.15, -0.1) is 6.58 Å². The SMILES string of the molecule is C=C(C)C.c1ccc(Nc2c3ccccc3c(-c3cc4ccccc4c4cc5ccccc5cc34)c3ccccc23)cc1. The van der Waals surface area contributed by atoms with E-state index in [1.165, 1.54) is 70.6 Å². The summed E-state index contributed by atoms with van der Waals surface area (Å²) in [5.41, 5.74) is 5.95. The van der Waals surface area contributed by atoms with Crippen molar-refractivity contribution in [3.63, 3.8) is 0 Å². The van der Waals surface area contributed by atoms with Crippen molar-refractivity contribution >= 4 is 65.2 Å². The lowest BCUT2D eigenvalue weighted by Gasteiger charge is -2.20. The van der Waals surface area contributed by atoms with Crippen LogP contribution in [0.4, 0.5) is 11.4 Å². The molecule has 0 bridgehead atoms. The second-order valence-electron chi connectivity index (χ2n) is 11.4. The summed E-state index contributed by atoms with van der Waals surface area (Å²) in [5.74, 6) is 0. The van der Waals surface area contributed by atoms with Crippen molar-refractivity contribution in [2.45, 2.75) is 13.8 Å². The third-order valence-corrected chi connectivity index (χ3v) is 7.97. The second-order valence-corrected chi connectivity index (χ2v) is 11.4. The zero-order chi connectivity index (χ0) is 29.3. The maximum Gasteiger partial charge on any atom is 0.0544 e. The highest BCUT2D eigenvalue weighted by Crippen LogP contribution is 2.46. The molecule has 0 heterocycles. The zero-order valence-electron chi connectivity index (χ0n) is 24.6. The highest BCUT2D eigenvalue weighted by Gasteiger charge is 2.18. The van der Waals surface area contributed by atoms with Crippen molar-refractivity contribution in [1.29, 1.82) is 0 Å². The number of rotatable bonds is 3. The average Bonchev–Trinajstić information content (AvgIpc) is 3.04. The topological polar surface area (TPSA) is 12.0 Å². The Kier molecular flexibility index (Phi) is 6.85. The Morgan fingerprint density at radius 2 is 0.884 bits per heavy atom. The molecule has 8 aromatic rings. The minimum absolute atomic E-state index is 1.09. The fourth-order valence-electron chi connectivity index (χ4n) is 6.21.